The van der Waals surface area contributed by atoms with Crippen molar-refractivity contribution in [3.8, 4) is 22.4 Å². The molecule has 1 fully saturated rings. The van der Waals surface area contributed by atoms with Crippen molar-refractivity contribution in [1.82, 2.24) is 15.0 Å². The Hall–Kier alpha value is -3.35. The number of benzene rings is 2. The van der Waals surface area contributed by atoms with Gasteiger partial charge in [0.05, 0.1) is 24.5 Å². The molecule has 1 aliphatic rings. The van der Waals surface area contributed by atoms with Crippen LogP contribution < -0.4 is 10.6 Å². The maximum atomic E-state index is 10.0. The van der Waals surface area contributed by atoms with Gasteiger partial charge in [0.1, 0.15) is 11.3 Å². The molecular weight excluding hydrogens is 386 g/mol. The van der Waals surface area contributed by atoms with Gasteiger partial charge in [0.2, 0.25) is 0 Å². The van der Waals surface area contributed by atoms with Crippen LogP contribution in [0.25, 0.3) is 33.5 Å². The van der Waals surface area contributed by atoms with Gasteiger partial charge < -0.3 is 15.7 Å². The van der Waals surface area contributed by atoms with Crippen molar-refractivity contribution in [3.63, 3.8) is 0 Å². The second-order valence-corrected chi connectivity index (χ2v) is 8.01. The van der Waals surface area contributed by atoms with Gasteiger partial charge in [-0.3, -0.25) is 0 Å². The number of β-amino-alcohol motifs (C(OH)–C–C–N with tert-alkyl or cyclic N) is 1. The number of quaternary nitrogens is 1. The summed E-state index contributed by atoms with van der Waals surface area (Å²) in [6.45, 7) is 2.22. The Bertz CT molecular complexity index is 1190. The topological polar surface area (TPSA) is 89.8 Å². The number of hydrogen-bond acceptors (Lipinski definition) is 5. The molecule has 0 radical (unpaired) electrons. The molecule has 1 saturated heterocycles. The van der Waals surface area contributed by atoms with Crippen molar-refractivity contribution < 1.29 is 10.8 Å². The largest absolute Gasteiger partial charge is 0.391 e. The number of pyridine rings is 1. The molecule has 1 aliphatic heterocycles. The third kappa shape index (κ3) is 4.00. The highest BCUT2D eigenvalue weighted by Crippen LogP contribution is 2.33. The first-order valence-electron chi connectivity index (χ1n) is 10.8. The van der Waals surface area contributed by atoms with E-state index >= 15 is 0 Å². The molecule has 2 aromatic carbocycles. The summed E-state index contributed by atoms with van der Waals surface area (Å²) in [7, 11) is 0. The summed E-state index contributed by atoms with van der Waals surface area (Å²) in [5.74, 6) is 0.768. The van der Waals surface area contributed by atoms with Crippen LogP contribution in [0.1, 0.15) is 18.4 Å². The molecule has 0 aliphatic carbocycles. The molecule has 6 heteroatoms. The van der Waals surface area contributed by atoms with Crippen molar-refractivity contribution in [2.24, 2.45) is 0 Å². The minimum absolute atomic E-state index is 0.318. The van der Waals surface area contributed by atoms with E-state index in [1.54, 1.807) is 6.20 Å². The first-order valence-corrected chi connectivity index (χ1v) is 10.8. The highest BCUT2D eigenvalue weighted by atomic mass is 16.3. The standard InChI is InChI=1S/C25H25N5O/c26-14-17-8-10-19(11-9-17)24-21(18-5-2-1-3-6-18)13-22-25(29-24)28-23(15-27-22)30-12-4-7-20(31)16-30/h1-3,5-6,8-11,13,15,20,31H,4,7,12,14,16,26H2/p+1. The molecular formula is C25H26N5O+. The zero-order chi connectivity index (χ0) is 21.2. The van der Waals surface area contributed by atoms with Gasteiger partial charge in [-0.25, -0.2) is 15.0 Å². The molecule has 6 nitrogen and oxygen atoms in total. The minimum atomic E-state index is -0.318. The van der Waals surface area contributed by atoms with Gasteiger partial charge in [-0.05, 0) is 24.5 Å². The summed E-state index contributed by atoms with van der Waals surface area (Å²) in [5, 5.41) is 10.0. The third-order valence-electron chi connectivity index (χ3n) is 5.84. The van der Waals surface area contributed by atoms with Crippen molar-refractivity contribution in [1.29, 1.82) is 0 Å². The second-order valence-electron chi connectivity index (χ2n) is 8.01. The number of aliphatic hydroxyl groups excluding tert-OH is 1. The fraction of sp³-hybridized carbons (Fsp3) is 0.240. The fourth-order valence-electron chi connectivity index (χ4n) is 4.14. The van der Waals surface area contributed by atoms with Crippen molar-refractivity contribution >= 4 is 17.0 Å². The average molecular weight is 413 g/mol. The Kier molecular flexibility index (Phi) is 5.32. The zero-order valence-electron chi connectivity index (χ0n) is 17.4. The van der Waals surface area contributed by atoms with Gasteiger partial charge >= 0.3 is 0 Å². The van der Waals surface area contributed by atoms with Gasteiger partial charge in [0.25, 0.3) is 0 Å². The Balaban J connectivity index is 1.65. The quantitative estimate of drug-likeness (QED) is 0.538. The van der Waals surface area contributed by atoms with Crippen LogP contribution in [-0.4, -0.2) is 39.3 Å². The van der Waals surface area contributed by atoms with E-state index in [1.807, 2.05) is 18.2 Å². The summed E-state index contributed by atoms with van der Waals surface area (Å²) in [4.78, 5) is 16.6. The molecule has 0 saturated carbocycles. The summed E-state index contributed by atoms with van der Waals surface area (Å²) >= 11 is 0. The maximum Gasteiger partial charge on any atom is 0.180 e. The molecule has 0 spiro atoms. The van der Waals surface area contributed by atoms with Gasteiger partial charge in [0.15, 0.2) is 5.65 Å². The summed E-state index contributed by atoms with van der Waals surface area (Å²) in [5.41, 5.74) is 10.6. The van der Waals surface area contributed by atoms with Crippen LogP contribution in [0.5, 0.6) is 0 Å². The number of piperidine rings is 1. The van der Waals surface area contributed by atoms with Crippen LogP contribution >= 0.6 is 0 Å². The fourth-order valence-corrected chi connectivity index (χ4v) is 4.14. The smallest absolute Gasteiger partial charge is 0.180 e. The number of rotatable bonds is 4. The average Bonchev–Trinajstić information content (AvgIpc) is 2.83. The molecule has 156 valence electrons. The first kappa shape index (κ1) is 19.6. The molecule has 2 aromatic heterocycles. The van der Waals surface area contributed by atoms with Gasteiger partial charge in [0, 0.05) is 29.8 Å². The van der Waals surface area contributed by atoms with Gasteiger partial charge in [-0.2, -0.15) is 0 Å². The number of nitrogens with zero attached hydrogens (tertiary/aromatic N) is 4. The first-order chi connectivity index (χ1) is 15.2. The summed E-state index contributed by atoms with van der Waals surface area (Å²) < 4.78 is 0. The molecule has 0 bridgehead atoms. The number of hydrogen-bond donors (Lipinski definition) is 2. The number of anilines is 1. The molecule has 3 heterocycles. The van der Waals surface area contributed by atoms with Crippen LogP contribution in [0.4, 0.5) is 5.82 Å². The lowest BCUT2D eigenvalue weighted by Gasteiger charge is -2.30. The highest BCUT2D eigenvalue weighted by molar-refractivity contribution is 5.88. The molecule has 5 rings (SSSR count). The van der Waals surface area contributed by atoms with Crippen LogP contribution in [0.15, 0.2) is 66.9 Å². The number of aromatic nitrogens is 3. The van der Waals surface area contributed by atoms with E-state index in [9.17, 15) is 5.11 Å². The van der Waals surface area contributed by atoms with E-state index in [1.165, 1.54) is 5.56 Å². The molecule has 4 aromatic rings. The second kappa shape index (κ2) is 8.41. The van der Waals surface area contributed by atoms with Crippen LogP contribution in [-0.2, 0) is 6.54 Å². The Morgan fingerprint density at radius 2 is 1.81 bits per heavy atom. The number of fused-ring (bicyclic) bond motifs is 1. The molecule has 1 atom stereocenters. The predicted octanol–water partition coefficient (Wildman–Crippen LogP) is 3.06. The van der Waals surface area contributed by atoms with Crippen molar-refractivity contribution in [2.45, 2.75) is 25.5 Å². The lowest BCUT2D eigenvalue weighted by atomic mass is 9.98. The SMILES string of the molecule is [NH3+]Cc1ccc(-c2nc3nc(N4CCCC(O)C4)cnc3cc2-c2ccccc2)cc1. The van der Waals surface area contributed by atoms with Crippen LogP contribution in [0.2, 0.25) is 0 Å². The zero-order valence-corrected chi connectivity index (χ0v) is 17.4. The minimum Gasteiger partial charge on any atom is -0.391 e. The normalized spacial score (nSPS) is 16.6. The third-order valence-corrected chi connectivity index (χ3v) is 5.84. The van der Waals surface area contributed by atoms with Crippen molar-refractivity contribution in [3.05, 3.63) is 72.4 Å². The monoisotopic (exact) mass is 412 g/mol. The number of aliphatic hydroxyl groups is 1. The van der Waals surface area contributed by atoms with E-state index in [-0.39, 0.29) is 6.10 Å². The predicted molar refractivity (Wildman–Crippen MR) is 122 cm³/mol. The molecule has 4 N–H and O–H groups in total. The summed E-state index contributed by atoms with van der Waals surface area (Å²) in [6, 6.07) is 20.7. The van der Waals surface area contributed by atoms with E-state index in [4.69, 9.17) is 9.97 Å². The Morgan fingerprint density at radius 1 is 1.00 bits per heavy atom. The van der Waals surface area contributed by atoms with Crippen LogP contribution in [0, 0.1) is 0 Å². The summed E-state index contributed by atoms with van der Waals surface area (Å²) in [6.07, 6.45) is 3.26. The van der Waals surface area contributed by atoms with Gasteiger partial charge in [-0.1, -0.05) is 54.6 Å². The molecule has 1 unspecified atom stereocenters. The lowest BCUT2D eigenvalue weighted by Crippen LogP contribution is -2.47. The van der Waals surface area contributed by atoms with E-state index in [0.717, 1.165) is 59.7 Å². The van der Waals surface area contributed by atoms with Gasteiger partial charge in [-0.15, -0.1) is 0 Å². The van der Waals surface area contributed by atoms with E-state index in [0.29, 0.717) is 12.2 Å². The van der Waals surface area contributed by atoms with Crippen molar-refractivity contribution in [2.75, 3.05) is 18.0 Å². The maximum absolute atomic E-state index is 10.0. The molecule has 0 amide bonds. The van der Waals surface area contributed by atoms with E-state index in [2.05, 4.69) is 58.1 Å². The highest BCUT2D eigenvalue weighted by Gasteiger charge is 2.20. The van der Waals surface area contributed by atoms with E-state index < -0.39 is 0 Å². The molecule has 31 heavy (non-hydrogen) atoms. The lowest BCUT2D eigenvalue weighted by molar-refractivity contribution is -0.386. The Labute approximate surface area is 181 Å². The van der Waals surface area contributed by atoms with Crippen LogP contribution in [0.3, 0.4) is 0 Å². The Morgan fingerprint density at radius 3 is 2.55 bits per heavy atom.